The molecule has 0 saturated carbocycles. The van der Waals surface area contributed by atoms with Gasteiger partial charge in [-0.1, -0.05) is 6.08 Å². The smallest absolute Gasteiger partial charge is 0.192 e. The SMILES string of the molecule is C/C=C1/C(=O)C(C)(C)OC1(C)C. The maximum absolute atomic E-state index is 11.7. The van der Waals surface area contributed by atoms with Crippen LogP contribution in [0.5, 0.6) is 0 Å². The van der Waals surface area contributed by atoms with Crippen LogP contribution in [0.25, 0.3) is 0 Å². The lowest BCUT2D eigenvalue weighted by atomic mass is 9.92. The molecule has 0 atom stereocenters. The van der Waals surface area contributed by atoms with Gasteiger partial charge in [0.05, 0.1) is 5.60 Å². The Morgan fingerprint density at radius 2 is 1.67 bits per heavy atom. The molecule has 0 unspecified atom stereocenters. The van der Waals surface area contributed by atoms with Crippen LogP contribution in [0.15, 0.2) is 11.6 Å². The fourth-order valence-corrected chi connectivity index (χ4v) is 1.82. The van der Waals surface area contributed by atoms with E-state index in [1.807, 2.05) is 40.7 Å². The number of allylic oxidation sites excluding steroid dienone is 1. The van der Waals surface area contributed by atoms with Crippen molar-refractivity contribution in [3.8, 4) is 0 Å². The molecule has 0 aromatic rings. The number of hydrogen-bond donors (Lipinski definition) is 0. The van der Waals surface area contributed by atoms with E-state index >= 15 is 0 Å². The minimum Gasteiger partial charge on any atom is -0.357 e. The molecule has 0 aromatic carbocycles. The zero-order chi connectivity index (χ0) is 9.57. The van der Waals surface area contributed by atoms with E-state index in [2.05, 4.69) is 0 Å². The summed E-state index contributed by atoms with van der Waals surface area (Å²) in [6.45, 7) is 9.35. The number of carbonyl (C=O) groups is 1. The molecule has 1 aliphatic heterocycles. The molecule has 1 heterocycles. The third-order valence-corrected chi connectivity index (χ3v) is 2.24. The molecule has 1 saturated heterocycles. The van der Waals surface area contributed by atoms with Gasteiger partial charge in [-0.3, -0.25) is 4.79 Å². The number of hydrogen-bond acceptors (Lipinski definition) is 2. The Labute approximate surface area is 73.6 Å². The van der Waals surface area contributed by atoms with E-state index in [4.69, 9.17) is 4.74 Å². The average Bonchev–Trinajstić information content (AvgIpc) is 1.98. The van der Waals surface area contributed by atoms with E-state index in [0.29, 0.717) is 0 Å². The number of ketones is 1. The molecule has 1 rings (SSSR count). The Balaban J connectivity index is 3.14. The van der Waals surface area contributed by atoms with Gasteiger partial charge in [-0.25, -0.2) is 0 Å². The molecular weight excluding hydrogens is 152 g/mol. The molecular formula is C10H16O2. The first-order valence-corrected chi connectivity index (χ1v) is 4.23. The lowest BCUT2D eigenvalue weighted by Gasteiger charge is -2.21. The van der Waals surface area contributed by atoms with E-state index in [9.17, 15) is 4.79 Å². The van der Waals surface area contributed by atoms with Crippen LogP contribution in [0, 0.1) is 0 Å². The highest BCUT2D eigenvalue weighted by Crippen LogP contribution is 2.38. The van der Waals surface area contributed by atoms with Crippen molar-refractivity contribution in [2.45, 2.75) is 45.8 Å². The summed E-state index contributed by atoms with van der Waals surface area (Å²) in [4.78, 5) is 11.7. The van der Waals surface area contributed by atoms with Crippen molar-refractivity contribution in [1.82, 2.24) is 0 Å². The third-order valence-electron chi connectivity index (χ3n) is 2.24. The van der Waals surface area contributed by atoms with Gasteiger partial charge >= 0.3 is 0 Å². The van der Waals surface area contributed by atoms with Gasteiger partial charge in [-0.05, 0) is 34.6 Å². The van der Waals surface area contributed by atoms with Crippen LogP contribution < -0.4 is 0 Å². The zero-order valence-corrected chi connectivity index (χ0v) is 8.39. The maximum atomic E-state index is 11.7. The van der Waals surface area contributed by atoms with Gasteiger partial charge < -0.3 is 4.74 Å². The molecule has 0 bridgehead atoms. The molecule has 12 heavy (non-hydrogen) atoms. The fraction of sp³-hybridized carbons (Fsp3) is 0.700. The predicted molar refractivity (Wildman–Crippen MR) is 48.0 cm³/mol. The molecule has 1 fully saturated rings. The third kappa shape index (κ3) is 1.20. The minimum absolute atomic E-state index is 0.106. The lowest BCUT2D eigenvalue weighted by molar-refractivity contribution is -0.132. The Hall–Kier alpha value is -0.630. The highest BCUT2D eigenvalue weighted by Gasteiger charge is 2.48. The van der Waals surface area contributed by atoms with E-state index < -0.39 is 11.2 Å². The molecule has 0 radical (unpaired) electrons. The Kier molecular flexibility index (Phi) is 1.91. The van der Waals surface area contributed by atoms with E-state index in [1.54, 1.807) is 0 Å². The molecule has 0 aliphatic carbocycles. The summed E-state index contributed by atoms with van der Waals surface area (Å²) in [6, 6.07) is 0. The molecule has 2 heteroatoms. The second kappa shape index (κ2) is 2.43. The van der Waals surface area contributed by atoms with Crippen molar-refractivity contribution in [3.05, 3.63) is 11.6 Å². The highest BCUT2D eigenvalue weighted by atomic mass is 16.5. The first kappa shape index (κ1) is 9.46. The summed E-state index contributed by atoms with van der Waals surface area (Å²) in [7, 11) is 0. The molecule has 1 aliphatic rings. The van der Waals surface area contributed by atoms with Crippen molar-refractivity contribution in [2.24, 2.45) is 0 Å². The summed E-state index contributed by atoms with van der Waals surface area (Å²) in [5, 5.41) is 0. The summed E-state index contributed by atoms with van der Waals surface area (Å²) in [5.41, 5.74) is -0.284. The first-order valence-electron chi connectivity index (χ1n) is 4.23. The maximum Gasteiger partial charge on any atom is 0.192 e. The summed E-state index contributed by atoms with van der Waals surface area (Å²) in [5.74, 6) is 0.106. The zero-order valence-electron chi connectivity index (χ0n) is 8.39. The summed E-state index contributed by atoms with van der Waals surface area (Å²) >= 11 is 0. The van der Waals surface area contributed by atoms with E-state index in [-0.39, 0.29) is 5.78 Å². The van der Waals surface area contributed by atoms with Crippen LogP contribution >= 0.6 is 0 Å². The van der Waals surface area contributed by atoms with Crippen LogP contribution in [0.4, 0.5) is 0 Å². The first-order chi connectivity index (χ1) is 5.31. The minimum atomic E-state index is -0.647. The predicted octanol–water partition coefficient (Wildman–Crippen LogP) is 2.09. The van der Waals surface area contributed by atoms with Crippen molar-refractivity contribution in [2.75, 3.05) is 0 Å². The molecule has 0 amide bonds. The van der Waals surface area contributed by atoms with Gasteiger partial charge in [0.15, 0.2) is 5.78 Å². The van der Waals surface area contributed by atoms with Crippen LogP contribution in [0.2, 0.25) is 0 Å². The Morgan fingerprint density at radius 1 is 1.17 bits per heavy atom. The molecule has 0 aromatic heterocycles. The number of Topliss-reactive ketones (excluding diaryl/α,β-unsaturated/α-hetero) is 1. The molecule has 2 nitrogen and oxygen atoms in total. The van der Waals surface area contributed by atoms with Crippen LogP contribution in [0.3, 0.4) is 0 Å². The summed E-state index contributed by atoms with van der Waals surface area (Å²) in [6.07, 6.45) is 1.84. The van der Waals surface area contributed by atoms with Crippen molar-refractivity contribution < 1.29 is 9.53 Å². The quantitative estimate of drug-likeness (QED) is 0.518. The van der Waals surface area contributed by atoms with Crippen LogP contribution in [0.1, 0.15) is 34.6 Å². The number of rotatable bonds is 0. The average molecular weight is 168 g/mol. The van der Waals surface area contributed by atoms with E-state index in [1.165, 1.54) is 0 Å². The van der Waals surface area contributed by atoms with Gasteiger partial charge in [0.1, 0.15) is 5.60 Å². The largest absolute Gasteiger partial charge is 0.357 e. The highest BCUT2D eigenvalue weighted by molar-refractivity contribution is 6.04. The second-order valence-electron chi connectivity index (χ2n) is 4.15. The van der Waals surface area contributed by atoms with Gasteiger partial charge in [0.2, 0.25) is 0 Å². The van der Waals surface area contributed by atoms with Crippen molar-refractivity contribution in [1.29, 1.82) is 0 Å². The van der Waals surface area contributed by atoms with Gasteiger partial charge in [0, 0.05) is 5.57 Å². The number of carbonyl (C=O) groups excluding carboxylic acids is 1. The summed E-state index contributed by atoms with van der Waals surface area (Å²) < 4.78 is 5.63. The molecule has 0 spiro atoms. The van der Waals surface area contributed by atoms with Crippen molar-refractivity contribution in [3.63, 3.8) is 0 Å². The van der Waals surface area contributed by atoms with Crippen molar-refractivity contribution >= 4 is 5.78 Å². The van der Waals surface area contributed by atoms with Gasteiger partial charge in [0.25, 0.3) is 0 Å². The molecule has 68 valence electrons. The second-order valence-corrected chi connectivity index (χ2v) is 4.15. The fourth-order valence-electron chi connectivity index (χ4n) is 1.82. The molecule has 0 N–H and O–H groups in total. The topological polar surface area (TPSA) is 26.3 Å². The van der Waals surface area contributed by atoms with Gasteiger partial charge in [-0.15, -0.1) is 0 Å². The van der Waals surface area contributed by atoms with Crippen LogP contribution in [-0.4, -0.2) is 17.0 Å². The van der Waals surface area contributed by atoms with Crippen LogP contribution in [-0.2, 0) is 9.53 Å². The van der Waals surface area contributed by atoms with Gasteiger partial charge in [-0.2, -0.15) is 0 Å². The normalized spacial score (nSPS) is 29.8. The number of ether oxygens (including phenoxy) is 1. The Bertz CT molecular complexity index is 247. The van der Waals surface area contributed by atoms with E-state index in [0.717, 1.165) is 5.57 Å². The Morgan fingerprint density at radius 3 is 1.83 bits per heavy atom. The standard InChI is InChI=1S/C10H16O2/c1-6-7-8(11)10(4,5)12-9(7,2)3/h6H,1-5H3/b7-6-. The monoisotopic (exact) mass is 168 g/mol. The lowest BCUT2D eigenvalue weighted by Crippen LogP contribution is -2.29.